The number of nitrogens with zero attached hydrogens (tertiary/aromatic N) is 2. The van der Waals surface area contributed by atoms with E-state index in [1.165, 1.54) is 6.07 Å². The Morgan fingerprint density at radius 2 is 2.05 bits per heavy atom. The van der Waals surface area contributed by atoms with Crippen molar-refractivity contribution >= 4 is 11.4 Å². The molecule has 19 heavy (non-hydrogen) atoms. The topological polar surface area (TPSA) is 42.2 Å². The summed E-state index contributed by atoms with van der Waals surface area (Å²) in [7, 11) is 1.74. The number of rotatable bonds is 4. The molecule has 1 heterocycles. The molecule has 0 aliphatic carbocycles. The number of halogens is 2. The van der Waals surface area contributed by atoms with Gasteiger partial charge in [-0.05, 0) is 18.2 Å². The first-order valence-electron chi connectivity index (χ1n) is 5.93. The van der Waals surface area contributed by atoms with Gasteiger partial charge >= 0.3 is 0 Å². The lowest BCUT2D eigenvalue weighted by molar-refractivity contribution is 0.585. The maximum atomic E-state index is 13.4. The number of pyridine rings is 1. The second kappa shape index (κ2) is 5.65. The first-order chi connectivity index (χ1) is 9.08. The van der Waals surface area contributed by atoms with E-state index in [1.807, 2.05) is 18.2 Å². The Balaban J connectivity index is 2.10. The van der Waals surface area contributed by atoms with Crippen LogP contribution in [-0.2, 0) is 6.42 Å². The van der Waals surface area contributed by atoms with Crippen LogP contribution in [-0.4, -0.2) is 18.6 Å². The van der Waals surface area contributed by atoms with Gasteiger partial charge in [0.25, 0.3) is 0 Å². The molecule has 0 radical (unpaired) electrons. The molecule has 0 amide bonds. The van der Waals surface area contributed by atoms with Gasteiger partial charge in [-0.15, -0.1) is 0 Å². The van der Waals surface area contributed by atoms with E-state index in [9.17, 15) is 8.78 Å². The third-order valence-electron chi connectivity index (χ3n) is 2.91. The Hall–Kier alpha value is -2.17. The molecule has 0 aliphatic heterocycles. The quantitative estimate of drug-likeness (QED) is 0.862. The molecule has 1 aromatic carbocycles. The Labute approximate surface area is 110 Å². The van der Waals surface area contributed by atoms with Gasteiger partial charge in [-0.25, -0.2) is 8.78 Å². The van der Waals surface area contributed by atoms with Gasteiger partial charge in [0.1, 0.15) is 5.82 Å². The Kier molecular flexibility index (Phi) is 3.94. The van der Waals surface area contributed by atoms with Crippen LogP contribution in [0.1, 0.15) is 5.69 Å². The Morgan fingerprint density at radius 1 is 1.26 bits per heavy atom. The number of hydrogen-bond acceptors (Lipinski definition) is 3. The minimum absolute atomic E-state index is 0.0371. The van der Waals surface area contributed by atoms with Gasteiger partial charge in [0.15, 0.2) is 5.82 Å². The highest BCUT2D eigenvalue weighted by molar-refractivity contribution is 5.67. The van der Waals surface area contributed by atoms with Crippen molar-refractivity contribution in [2.24, 2.45) is 0 Å². The van der Waals surface area contributed by atoms with Crippen molar-refractivity contribution in [2.75, 3.05) is 24.2 Å². The second-order valence-electron chi connectivity index (χ2n) is 4.31. The van der Waals surface area contributed by atoms with E-state index in [2.05, 4.69) is 4.98 Å². The molecule has 0 saturated carbocycles. The summed E-state index contributed by atoms with van der Waals surface area (Å²) in [6.07, 6.45) is 2.39. The first-order valence-corrected chi connectivity index (χ1v) is 5.93. The van der Waals surface area contributed by atoms with Crippen molar-refractivity contribution in [3.05, 3.63) is 53.9 Å². The zero-order valence-corrected chi connectivity index (χ0v) is 10.6. The van der Waals surface area contributed by atoms with Crippen LogP contribution in [0.3, 0.4) is 0 Å². The minimum atomic E-state index is -0.736. The van der Waals surface area contributed by atoms with Gasteiger partial charge in [0.2, 0.25) is 0 Å². The fourth-order valence-corrected chi connectivity index (χ4v) is 1.84. The molecule has 0 unspecified atom stereocenters. The van der Waals surface area contributed by atoms with Crippen LogP contribution >= 0.6 is 0 Å². The normalized spacial score (nSPS) is 10.5. The van der Waals surface area contributed by atoms with E-state index < -0.39 is 11.6 Å². The molecule has 0 saturated heterocycles. The molecule has 0 aliphatic rings. The highest BCUT2D eigenvalue weighted by atomic mass is 19.1. The monoisotopic (exact) mass is 263 g/mol. The summed E-state index contributed by atoms with van der Waals surface area (Å²) in [5, 5.41) is 0. The fourth-order valence-electron chi connectivity index (χ4n) is 1.84. The largest absolute Gasteiger partial charge is 0.395 e. The van der Waals surface area contributed by atoms with Gasteiger partial charge in [-0.2, -0.15) is 0 Å². The molecule has 2 aromatic rings. The van der Waals surface area contributed by atoms with Crippen molar-refractivity contribution in [1.82, 2.24) is 4.98 Å². The number of aromatic nitrogens is 1. The number of anilines is 2. The highest BCUT2D eigenvalue weighted by Gasteiger charge is 2.12. The average molecular weight is 263 g/mol. The van der Waals surface area contributed by atoms with Crippen molar-refractivity contribution in [3.8, 4) is 0 Å². The Morgan fingerprint density at radius 3 is 2.74 bits per heavy atom. The smallest absolute Gasteiger partial charge is 0.151 e. The van der Waals surface area contributed by atoms with E-state index in [-0.39, 0.29) is 5.69 Å². The number of likely N-dealkylation sites (N-methyl/N-ethyl adjacent to an activating group) is 1. The van der Waals surface area contributed by atoms with Gasteiger partial charge in [0, 0.05) is 38.0 Å². The summed E-state index contributed by atoms with van der Waals surface area (Å²) in [5.41, 5.74) is 6.86. The summed E-state index contributed by atoms with van der Waals surface area (Å²) in [6, 6.07) is 7.66. The van der Waals surface area contributed by atoms with Crippen LogP contribution in [0, 0.1) is 11.6 Å². The van der Waals surface area contributed by atoms with Gasteiger partial charge < -0.3 is 10.6 Å². The second-order valence-corrected chi connectivity index (χ2v) is 4.31. The molecule has 1 aromatic heterocycles. The number of benzene rings is 1. The molecule has 0 spiro atoms. The minimum Gasteiger partial charge on any atom is -0.395 e. The molecular formula is C14H15F2N3. The maximum absolute atomic E-state index is 13.4. The summed E-state index contributed by atoms with van der Waals surface area (Å²) in [4.78, 5) is 5.91. The van der Waals surface area contributed by atoms with Gasteiger partial charge in [0.05, 0.1) is 11.4 Å². The number of nitrogens with two attached hydrogens (primary N) is 1. The van der Waals surface area contributed by atoms with Crippen LogP contribution in [0.4, 0.5) is 20.2 Å². The lowest BCUT2D eigenvalue weighted by Crippen LogP contribution is -2.22. The molecule has 0 atom stereocenters. The molecule has 3 nitrogen and oxygen atoms in total. The highest BCUT2D eigenvalue weighted by Crippen LogP contribution is 2.26. The van der Waals surface area contributed by atoms with Crippen molar-refractivity contribution in [2.45, 2.75) is 6.42 Å². The zero-order valence-electron chi connectivity index (χ0n) is 10.6. The number of hydrogen-bond donors (Lipinski definition) is 1. The molecule has 100 valence electrons. The van der Waals surface area contributed by atoms with Gasteiger partial charge in [-0.1, -0.05) is 6.07 Å². The summed E-state index contributed by atoms with van der Waals surface area (Å²) >= 11 is 0. The van der Waals surface area contributed by atoms with E-state index in [1.54, 1.807) is 18.1 Å². The maximum Gasteiger partial charge on any atom is 0.151 e. The summed E-state index contributed by atoms with van der Waals surface area (Å²) in [5.74, 6) is -1.37. The third-order valence-corrected chi connectivity index (χ3v) is 2.91. The van der Waals surface area contributed by atoms with Crippen LogP contribution in [0.25, 0.3) is 0 Å². The van der Waals surface area contributed by atoms with Crippen LogP contribution in [0.5, 0.6) is 0 Å². The van der Waals surface area contributed by atoms with E-state index in [4.69, 9.17) is 5.73 Å². The van der Waals surface area contributed by atoms with Crippen molar-refractivity contribution in [1.29, 1.82) is 0 Å². The first kappa shape index (κ1) is 13.3. The predicted molar refractivity (Wildman–Crippen MR) is 72.0 cm³/mol. The van der Waals surface area contributed by atoms with Crippen LogP contribution in [0.2, 0.25) is 0 Å². The lowest BCUT2D eigenvalue weighted by atomic mass is 10.2. The molecule has 0 fully saturated rings. The predicted octanol–water partition coefficient (Wildman–Crippen LogP) is 2.62. The zero-order chi connectivity index (χ0) is 13.8. The van der Waals surface area contributed by atoms with Crippen molar-refractivity contribution in [3.63, 3.8) is 0 Å². The summed E-state index contributed by atoms with van der Waals surface area (Å²) < 4.78 is 26.6. The molecular weight excluding hydrogens is 248 g/mol. The lowest BCUT2D eigenvalue weighted by Gasteiger charge is -2.21. The van der Waals surface area contributed by atoms with E-state index in [0.29, 0.717) is 18.7 Å². The standard InChI is InChI=1S/C14H15F2N3/c1-19(7-5-11-4-2-3-6-18-11)13-9-10(15)8-12(16)14(13)17/h2-4,6,8-9H,5,7,17H2,1H3. The van der Waals surface area contributed by atoms with Crippen molar-refractivity contribution < 1.29 is 8.78 Å². The van der Waals surface area contributed by atoms with Gasteiger partial charge in [-0.3, -0.25) is 4.98 Å². The molecule has 2 N–H and O–H groups in total. The van der Waals surface area contributed by atoms with E-state index >= 15 is 0 Å². The van der Waals surface area contributed by atoms with Crippen LogP contribution in [0.15, 0.2) is 36.5 Å². The molecule has 5 heteroatoms. The average Bonchev–Trinajstić information content (AvgIpc) is 2.41. The third kappa shape index (κ3) is 3.19. The van der Waals surface area contributed by atoms with E-state index in [0.717, 1.165) is 11.8 Å². The van der Waals surface area contributed by atoms with Crippen LogP contribution < -0.4 is 10.6 Å². The summed E-state index contributed by atoms with van der Waals surface area (Å²) in [6.45, 7) is 0.574. The fraction of sp³-hybridized carbons (Fsp3) is 0.214. The molecule has 0 bridgehead atoms. The number of nitrogen functional groups attached to an aromatic ring is 1. The Bertz CT molecular complexity index is 558. The molecule has 2 rings (SSSR count). The SMILES string of the molecule is CN(CCc1ccccn1)c1cc(F)cc(F)c1N.